The van der Waals surface area contributed by atoms with Crippen LogP contribution < -0.4 is 5.73 Å². The van der Waals surface area contributed by atoms with Gasteiger partial charge in [0, 0.05) is 38.7 Å². The van der Waals surface area contributed by atoms with Crippen LogP contribution in [0.25, 0.3) is 0 Å². The fourth-order valence-corrected chi connectivity index (χ4v) is 3.82. The highest BCUT2D eigenvalue weighted by Crippen LogP contribution is 2.13. The molecule has 0 atom stereocenters. The van der Waals surface area contributed by atoms with E-state index in [-0.39, 0.29) is 12.3 Å². The Kier molecular flexibility index (Phi) is 5.54. The van der Waals surface area contributed by atoms with E-state index in [1.165, 1.54) is 0 Å². The van der Waals surface area contributed by atoms with Gasteiger partial charge in [0.1, 0.15) is 0 Å². The third-order valence-corrected chi connectivity index (χ3v) is 5.24. The Hall–Kier alpha value is -0.470. The number of nitrogens with zero attached hydrogens (tertiary/aromatic N) is 3. The quantitative estimate of drug-likeness (QED) is 0.541. The van der Waals surface area contributed by atoms with Gasteiger partial charge in [0.05, 0.1) is 12.3 Å². The molecule has 2 N–H and O–H groups in total. The van der Waals surface area contributed by atoms with Crippen molar-refractivity contribution in [2.75, 3.05) is 51.0 Å². The number of sulfonamides is 1. The summed E-state index contributed by atoms with van der Waals surface area (Å²) >= 11 is 1.79. The van der Waals surface area contributed by atoms with Gasteiger partial charge in [-0.2, -0.15) is 11.8 Å². The molecule has 0 saturated carbocycles. The first-order valence-electron chi connectivity index (χ1n) is 5.46. The molecule has 1 fully saturated rings. The van der Waals surface area contributed by atoms with Gasteiger partial charge in [0.25, 0.3) is 0 Å². The first-order valence-corrected chi connectivity index (χ1v) is 8.22. The monoisotopic (exact) mass is 280 g/mol. The maximum Gasteiger partial charge on any atom is 0.215 e. The first kappa shape index (κ1) is 14.6. The Balaban J connectivity index is 2.47. The van der Waals surface area contributed by atoms with Gasteiger partial charge in [0.2, 0.25) is 10.0 Å². The van der Waals surface area contributed by atoms with Crippen LogP contribution in [0.15, 0.2) is 4.99 Å². The summed E-state index contributed by atoms with van der Waals surface area (Å²) in [6.45, 7) is 1.44. The average molecular weight is 280 g/mol. The van der Waals surface area contributed by atoms with Crippen molar-refractivity contribution in [2.24, 2.45) is 10.7 Å². The normalized spacial score (nSPS) is 19.3. The van der Waals surface area contributed by atoms with Gasteiger partial charge >= 0.3 is 0 Å². The standard InChI is InChI=1S/C9H20N4O2S2/c1-12(2)9(10)11-3-8-17(14,15)13-4-6-16-7-5-13/h3-8H2,1-2H3,(H2,10,11). The lowest BCUT2D eigenvalue weighted by molar-refractivity contribution is 0.443. The molecule has 1 aliphatic heterocycles. The van der Waals surface area contributed by atoms with E-state index in [1.54, 1.807) is 35.1 Å². The highest BCUT2D eigenvalue weighted by molar-refractivity contribution is 7.99. The minimum atomic E-state index is -3.17. The summed E-state index contributed by atoms with van der Waals surface area (Å²) < 4.78 is 25.4. The summed E-state index contributed by atoms with van der Waals surface area (Å²) in [5.41, 5.74) is 5.59. The maximum atomic E-state index is 11.9. The lowest BCUT2D eigenvalue weighted by atomic mass is 10.6. The lowest BCUT2D eigenvalue weighted by Crippen LogP contribution is -2.40. The number of hydrogen-bond donors (Lipinski definition) is 1. The maximum absolute atomic E-state index is 11.9. The Morgan fingerprint density at radius 2 is 2.00 bits per heavy atom. The third-order valence-electron chi connectivity index (χ3n) is 2.44. The SMILES string of the molecule is CN(C)C(N)=NCCS(=O)(=O)N1CCSCC1. The Labute approximate surface area is 107 Å². The molecule has 6 nitrogen and oxygen atoms in total. The molecular weight excluding hydrogens is 260 g/mol. The molecule has 17 heavy (non-hydrogen) atoms. The van der Waals surface area contributed by atoms with Crippen molar-refractivity contribution in [2.45, 2.75) is 0 Å². The van der Waals surface area contributed by atoms with Crippen LogP contribution in [0.4, 0.5) is 0 Å². The van der Waals surface area contributed by atoms with Gasteiger partial charge in [-0.1, -0.05) is 0 Å². The van der Waals surface area contributed by atoms with Crippen molar-refractivity contribution in [1.29, 1.82) is 0 Å². The van der Waals surface area contributed by atoms with Crippen molar-refractivity contribution in [3.05, 3.63) is 0 Å². The van der Waals surface area contributed by atoms with E-state index in [4.69, 9.17) is 5.73 Å². The first-order chi connectivity index (χ1) is 7.93. The fourth-order valence-electron chi connectivity index (χ4n) is 1.37. The molecule has 0 unspecified atom stereocenters. The Morgan fingerprint density at radius 1 is 1.41 bits per heavy atom. The molecule has 0 radical (unpaired) electrons. The van der Waals surface area contributed by atoms with Crippen LogP contribution in [0, 0.1) is 0 Å². The highest BCUT2D eigenvalue weighted by atomic mass is 32.2. The van der Waals surface area contributed by atoms with E-state index >= 15 is 0 Å². The van der Waals surface area contributed by atoms with Crippen molar-refractivity contribution in [1.82, 2.24) is 9.21 Å². The van der Waals surface area contributed by atoms with E-state index in [2.05, 4.69) is 4.99 Å². The van der Waals surface area contributed by atoms with Crippen LogP contribution in [0.5, 0.6) is 0 Å². The molecule has 0 amide bonds. The number of rotatable bonds is 4. The van der Waals surface area contributed by atoms with Gasteiger partial charge in [-0.25, -0.2) is 12.7 Å². The topological polar surface area (TPSA) is 79.0 Å². The summed E-state index contributed by atoms with van der Waals surface area (Å²) in [5, 5.41) is 0. The lowest BCUT2D eigenvalue weighted by Gasteiger charge is -2.25. The molecule has 8 heteroatoms. The van der Waals surface area contributed by atoms with Crippen LogP contribution in [0.3, 0.4) is 0 Å². The highest BCUT2D eigenvalue weighted by Gasteiger charge is 2.23. The molecule has 0 aromatic heterocycles. The number of aliphatic imine (C=N–C) groups is 1. The average Bonchev–Trinajstić information content (AvgIpc) is 2.29. The second-order valence-electron chi connectivity index (χ2n) is 3.96. The predicted octanol–water partition coefficient (Wildman–Crippen LogP) is -0.759. The minimum Gasteiger partial charge on any atom is -0.370 e. The van der Waals surface area contributed by atoms with Crippen LogP contribution >= 0.6 is 11.8 Å². The molecule has 1 aliphatic rings. The van der Waals surface area contributed by atoms with Gasteiger partial charge < -0.3 is 10.6 Å². The van der Waals surface area contributed by atoms with E-state index < -0.39 is 10.0 Å². The zero-order valence-electron chi connectivity index (χ0n) is 10.3. The van der Waals surface area contributed by atoms with Crippen LogP contribution in [0.1, 0.15) is 0 Å². The van der Waals surface area contributed by atoms with Crippen molar-refractivity contribution in [3.63, 3.8) is 0 Å². The third kappa shape index (κ3) is 4.72. The number of guanidine groups is 1. The van der Waals surface area contributed by atoms with Gasteiger partial charge in [0.15, 0.2) is 5.96 Å². The summed E-state index contributed by atoms with van der Waals surface area (Å²) in [5.74, 6) is 2.14. The summed E-state index contributed by atoms with van der Waals surface area (Å²) in [4.78, 5) is 5.67. The van der Waals surface area contributed by atoms with E-state index in [1.807, 2.05) is 0 Å². The number of nitrogens with two attached hydrogens (primary N) is 1. The Bertz CT molecular complexity index is 361. The van der Waals surface area contributed by atoms with Crippen molar-refractivity contribution < 1.29 is 8.42 Å². The van der Waals surface area contributed by atoms with E-state index in [0.29, 0.717) is 19.0 Å². The van der Waals surface area contributed by atoms with Crippen LogP contribution in [-0.2, 0) is 10.0 Å². The summed E-state index contributed by atoms with van der Waals surface area (Å²) in [6, 6.07) is 0. The second-order valence-corrected chi connectivity index (χ2v) is 7.27. The number of hydrogen-bond acceptors (Lipinski definition) is 4. The smallest absolute Gasteiger partial charge is 0.215 e. The molecule has 0 aromatic carbocycles. The molecule has 1 saturated heterocycles. The van der Waals surface area contributed by atoms with E-state index in [0.717, 1.165) is 11.5 Å². The second kappa shape index (κ2) is 6.46. The molecule has 0 bridgehead atoms. The molecule has 1 heterocycles. The van der Waals surface area contributed by atoms with Crippen LogP contribution in [0.2, 0.25) is 0 Å². The van der Waals surface area contributed by atoms with Gasteiger partial charge in [-0.05, 0) is 0 Å². The largest absolute Gasteiger partial charge is 0.370 e. The predicted molar refractivity (Wildman–Crippen MR) is 72.9 cm³/mol. The van der Waals surface area contributed by atoms with Crippen molar-refractivity contribution >= 4 is 27.7 Å². The molecular formula is C9H20N4O2S2. The molecule has 0 spiro atoms. The summed E-state index contributed by atoms with van der Waals surface area (Å²) in [7, 11) is 0.380. The summed E-state index contributed by atoms with van der Waals surface area (Å²) in [6.07, 6.45) is 0. The minimum absolute atomic E-state index is 0.0339. The van der Waals surface area contributed by atoms with E-state index in [9.17, 15) is 8.42 Å². The molecule has 0 aliphatic carbocycles. The van der Waals surface area contributed by atoms with Crippen LogP contribution in [-0.4, -0.2) is 74.6 Å². The van der Waals surface area contributed by atoms with Gasteiger partial charge in [-0.15, -0.1) is 0 Å². The molecule has 100 valence electrons. The zero-order chi connectivity index (χ0) is 12.9. The molecule has 1 rings (SSSR count). The zero-order valence-corrected chi connectivity index (χ0v) is 11.9. The van der Waals surface area contributed by atoms with Gasteiger partial charge in [-0.3, -0.25) is 4.99 Å². The number of thioether (sulfide) groups is 1. The van der Waals surface area contributed by atoms with Crippen molar-refractivity contribution in [3.8, 4) is 0 Å². The molecule has 0 aromatic rings. The fraction of sp³-hybridized carbons (Fsp3) is 0.889. The Morgan fingerprint density at radius 3 is 2.53 bits per heavy atom.